The lowest BCUT2D eigenvalue weighted by Gasteiger charge is -2.21. The zero-order valence-corrected chi connectivity index (χ0v) is 15.5. The van der Waals surface area contributed by atoms with Crippen molar-refractivity contribution in [2.75, 3.05) is 12.4 Å². The first kappa shape index (κ1) is 18.1. The van der Waals surface area contributed by atoms with Gasteiger partial charge in [0.15, 0.2) is 0 Å². The number of carbonyl (C=O) groups is 1. The van der Waals surface area contributed by atoms with Gasteiger partial charge in [-0.3, -0.25) is 4.79 Å². The quantitative estimate of drug-likeness (QED) is 0.659. The van der Waals surface area contributed by atoms with E-state index in [-0.39, 0.29) is 11.9 Å². The third-order valence-corrected chi connectivity index (χ3v) is 4.58. The Balaban J connectivity index is 1.85. The van der Waals surface area contributed by atoms with Gasteiger partial charge in [0.05, 0.1) is 25.3 Å². The predicted molar refractivity (Wildman–Crippen MR) is 105 cm³/mol. The molecule has 0 bridgehead atoms. The maximum Gasteiger partial charge on any atom is 0.226 e. The fourth-order valence-corrected chi connectivity index (χ4v) is 3.22. The zero-order chi connectivity index (χ0) is 18.5. The molecular formula is C21H21ClN2O2. The van der Waals surface area contributed by atoms with E-state index in [0.717, 1.165) is 11.1 Å². The Kier molecular flexibility index (Phi) is 5.64. The normalized spacial score (nSPS) is 11.8. The minimum atomic E-state index is -0.104. The number of methoxy groups -OCH3 is 1. The molecular weight excluding hydrogens is 348 g/mol. The van der Waals surface area contributed by atoms with E-state index in [0.29, 0.717) is 22.9 Å². The van der Waals surface area contributed by atoms with E-state index in [9.17, 15) is 4.79 Å². The van der Waals surface area contributed by atoms with Gasteiger partial charge in [-0.1, -0.05) is 35.9 Å². The van der Waals surface area contributed by atoms with E-state index in [2.05, 4.69) is 28.9 Å². The Labute approximate surface area is 158 Å². The van der Waals surface area contributed by atoms with Gasteiger partial charge in [0.2, 0.25) is 5.91 Å². The van der Waals surface area contributed by atoms with E-state index in [1.807, 2.05) is 36.7 Å². The molecule has 5 heteroatoms. The smallest absolute Gasteiger partial charge is 0.226 e. The van der Waals surface area contributed by atoms with Crippen LogP contribution in [0.5, 0.6) is 5.75 Å². The van der Waals surface area contributed by atoms with Gasteiger partial charge in [0, 0.05) is 17.4 Å². The van der Waals surface area contributed by atoms with Crippen LogP contribution in [0.1, 0.15) is 23.6 Å². The van der Waals surface area contributed by atoms with Crippen LogP contribution in [0, 0.1) is 6.92 Å². The van der Waals surface area contributed by atoms with Crippen molar-refractivity contribution in [3.05, 3.63) is 83.1 Å². The lowest BCUT2D eigenvalue weighted by atomic mass is 9.98. The SMILES string of the molecule is COc1ccc(Cl)cc1NC(=O)C[C@H](c1ccccc1C)n1cccc1. The number of rotatable bonds is 6. The molecule has 134 valence electrons. The Bertz CT molecular complexity index is 891. The summed E-state index contributed by atoms with van der Waals surface area (Å²) in [6.45, 7) is 2.06. The molecule has 0 fully saturated rings. The van der Waals surface area contributed by atoms with Crippen molar-refractivity contribution in [1.82, 2.24) is 4.57 Å². The molecule has 0 saturated heterocycles. The van der Waals surface area contributed by atoms with Crippen molar-refractivity contribution in [2.45, 2.75) is 19.4 Å². The molecule has 0 aliphatic carbocycles. The standard InChI is InChI=1S/C21H21ClN2O2/c1-15-7-3-4-8-17(15)19(24-11-5-6-12-24)14-21(25)23-18-13-16(22)9-10-20(18)26-2/h3-13,19H,14H2,1-2H3,(H,23,25)/t19-/m1/s1. The van der Waals surface area contributed by atoms with Crippen LogP contribution < -0.4 is 10.1 Å². The largest absolute Gasteiger partial charge is 0.495 e. The fourth-order valence-electron chi connectivity index (χ4n) is 3.05. The molecule has 4 nitrogen and oxygen atoms in total. The monoisotopic (exact) mass is 368 g/mol. The summed E-state index contributed by atoms with van der Waals surface area (Å²) in [7, 11) is 1.56. The third-order valence-electron chi connectivity index (χ3n) is 4.35. The molecule has 1 aromatic heterocycles. The molecule has 26 heavy (non-hydrogen) atoms. The third kappa shape index (κ3) is 4.09. The van der Waals surface area contributed by atoms with E-state index in [1.54, 1.807) is 25.3 Å². The Hall–Kier alpha value is -2.72. The van der Waals surface area contributed by atoms with Gasteiger partial charge >= 0.3 is 0 Å². The molecule has 3 aromatic rings. The van der Waals surface area contributed by atoms with Crippen LogP contribution in [0.3, 0.4) is 0 Å². The van der Waals surface area contributed by atoms with Gasteiger partial charge < -0.3 is 14.6 Å². The van der Waals surface area contributed by atoms with Crippen LogP contribution in [-0.4, -0.2) is 17.6 Å². The van der Waals surface area contributed by atoms with Crippen molar-refractivity contribution in [3.63, 3.8) is 0 Å². The predicted octanol–water partition coefficient (Wildman–Crippen LogP) is 5.08. The average Bonchev–Trinajstić information content (AvgIpc) is 3.15. The van der Waals surface area contributed by atoms with Gasteiger partial charge in [-0.15, -0.1) is 0 Å². The first-order valence-corrected chi connectivity index (χ1v) is 8.77. The van der Waals surface area contributed by atoms with Crippen molar-refractivity contribution in [1.29, 1.82) is 0 Å². The summed E-state index contributed by atoms with van der Waals surface area (Å²) in [5.74, 6) is 0.476. The van der Waals surface area contributed by atoms with Gasteiger partial charge in [0.1, 0.15) is 5.75 Å². The maximum atomic E-state index is 12.8. The number of nitrogens with one attached hydrogen (secondary N) is 1. The van der Waals surface area contributed by atoms with Crippen molar-refractivity contribution >= 4 is 23.2 Å². The summed E-state index contributed by atoms with van der Waals surface area (Å²) < 4.78 is 7.36. The number of hydrogen-bond donors (Lipinski definition) is 1. The number of hydrogen-bond acceptors (Lipinski definition) is 2. The Morgan fingerprint density at radius 1 is 1.15 bits per heavy atom. The Morgan fingerprint density at radius 2 is 1.88 bits per heavy atom. The van der Waals surface area contributed by atoms with Gasteiger partial charge in [0.25, 0.3) is 0 Å². The summed E-state index contributed by atoms with van der Waals surface area (Å²) in [5, 5.41) is 3.47. The molecule has 0 unspecified atom stereocenters. The van der Waals surface area contributed by atoms with E-state index in [1.165, 1.54) is 0 Å². The number of aryl methyl sites for hydroxylation is 1. The number of aromatic nitrogens is 1. The number of amides is 1. The second kappa shape index (κ2) is 8.11. The molecule has 2 aromatic carbocycles. The molecule has 1 N–H and O–H groups in total. The summed E-state index contributed by atoms with van der Waals surface area (Å²) in [6.07, 6.45) is 4.25. The van der Waals surface area contributed by atoms with E-state index >= 15 is 0 Å². The van der Waals surface area contributed by atoms with E-state index < -0.39 is 0 Å². The summed E-state index contributed by atoms with van der Waals surface area (Å²) in [4.78, 5) is 12.8. The number of carbonyl (C=O) groups excluding carboxylic acids is 1. The highest BCUT2D eigenvalue weighted by Crippen LogP contribution is 2.30. The fraction of sp³-hybridized carbons (Fsp3) is 0.190. The second-order valence-corrected chi connectivity index (χ2v) is 6.54. The molecule has 0 saturated carbocycles. The number of nitrogens with zero attached hydrogens (tertiary/aromatic N) is 1. The number of benzene rings is 2. The molecule has 1 amide bonds. The summed E-state index contributed by atoms with van der Waals surface area (Å²) >= 11 is 6.05. The molecule has 1 heterocycles. The lowest BCUT2D eigenvalue weighted by molar-refractivity contribution is -0.116. The van der Waals surface area contributed by atoms with Gasteiger partial charge in [-0.2, -0.15) is 0 Å². The first-order chi connectivity index (χ1) is 12.6. The molecule has 3 rings (SSSR count). The lowest BCUT2D eigenvalue weighted by Crippen LogP contribution is -2.20. The Morgan fingerprint density at radius 3 is 2.58 bits per heavy atom. The first-order valence-electron chi connectivity index (χ1n) is 8.40. The number of anilines is 1. The van der Waals surface area contributed by atoms with Gasteiger partial charge in [-0.05, 0) is 48.4 Å². The average molecular weight is 369 g/mol. The van der Waals surface area contributed by atoms with E-state index in [4.69, 9.17) is 16.3 Å². The van der Waals surface area contributed by atoms with Crippen LogP contribution in [0.25, 0.3) is 0 Å². The van der Waals surface area contributed by atoms with Crippen molar-refractivity contribution < 1.29 is 9.53 Å². The summed E-state index contributed by atoms with van der Waals surface area (Å²) in [5.41, 5.74) is 2.84. The topological polar surface area (TPSA) is 43.3 Å². The maximum absolute atomic E-state index is 12.8. The minimum Gasteiger partial charge on any atom is -0.495 e. The highest BCUT2D eigenvalue weighted by atomic mass is 35.5. The van der Waals surface area contributed by atoms with Crippen LogP contribution in [0.4, 0.5) is 5.69 Å². The second-order valence-electron chi connectivity index (χ2n) is 6.10. The van der Waals surface area contributed by atoms with Crippen LogP contribution >= 0.6 is 11.6 Å². The van der Waals surface area contributed by atoms with Crippen LogP contribution in [0.15, 0.2) is 67.0 Å². The number of halogens is 1. The molecule has 1 atom stereocenters. The van der Waals surface area contributed by atoms with Crippen molar-refractivity contribution in [2.24, 2.45) is 0 Å². The summed E-state index contributed by atoms with van der Waals surface area (Å²) in [6, 6.07) is 17.1. The molecule has 0 aliphatic rings. The molecule has 0 aliphatic heterocycles. The van der Waals surface area contributed by atoms with Gasteiger partial charge in [-0.25, -0.2) is 0 Å². The highest BCUT2D eigenvalue weighted by molar-refractivity contribution is 6.31. The number of ether oxygens (including phenoxy) is 1. The minimum absolute atomic E-state index is 0.0867. The van der Waals surface area contributed by atoms with Crippen LogP contribution in [-0.2, 0) is 4.79 Å². The molecule has 0 spiro atoms. The highest BCUT2D eigenvalue weighted by Gasteiger charge is 2.20. The van der Waals surface area contributed by atoms with Crippen molar-refractivity contribution in [3.8, 4) is 5.75 Å². The van der Waals surface area contributed by atoms with Crippen LogP contribution in [0.2, 0.25) is 5.02 Å². The molecule has 0 radical (unpaired) electrons. The zero-order valence-electron chi connectivity index (χ0n) is 14.8.